The molecule has 2 amide bonds. The first-order valence-electron chi connectivity index (χ1n) is 5.54. The van der Waals surface area contributed by atoms with Crippen LogP contribution in [0.25, 0.3) is 0 Å². The van der Waals surface area contributed by atoms with Crippen LogP contribution in [0.4, 0.5) is 14.9 Å². The van der Waals surface area contributed by atoms with Gasteiger partial charge >= 0.3 is 12.0 Å². The fourth-order valence-electron chi connectivity index (χ4n) is 1.29. The Hall–Kier alpha value is -2.15. The third kappa shape index (κ3) is 4.55. The Balaban J connectivity index is 2.71. The zero-order chi connectivity index (χ0) is 14.4. The van der Waals surface area contributed by atoms with Crippen molar-refractivity contribution in [3.05, 3.63) is 29.6 Å². The molecule has 0 bridgehead atoms. The van der Waals surface area contributed by atoms with E-state index in [-0.39, 0.29) is 23.9 Å². The summed E-state index contributed by atoms with van der Waals surface area (Å²) in [6.45, 7) is 2.03. The molecule has 0 heterocycles. The summed E-state index contributed by atoms with van der Waals surface area (Å²) in [6, 6.07) is 2.52. The summed E-state index contributed by atoms with van der Waals surface area (Å²) < 4.78 is 17.9. The zero-order valence-corrected chi connectivity index (χ0v) is 10.6. The van der Waals surface area contributed by atoms with Crippen molar-refractivity contribution >= 4 is 17.7 Å². The zero-order valence-electron chi connectivity index (χ0n) is 10.6. The molecule has 7 heteroatoms. The molecule has 104 valence electrons. The van der Waals surface area contributed by atoms with Crippen LogP contribution in [0, 0.1) is 5.82 Å². The van der Waals surface area contributed by atoms with Gasteiger partial charge in [0.15, 0.2) is 0 Å². The average molecular weight is 270 g/mol. The quantitative estimate of drug-likeness (QED) is 0.759. The van der Waals surface area contributed by atoms with Crippen LogP contribution in [0.1, 0.15) is 17.3 Å². The molecule has 1 aromatic rings. The molecule has 3 N–H and O–H groups in total. The van der Waals surface area contributed by atoms with Gasteiger partial charge in [-0.05, 0) is 25.1 Å². The lowest BCUT2D eigenvalue weighted by atomic mass is 10.2. The molecule has 0 aliphatic heterocycles. The predicted octanol–water partition coefficient (Wildman–Crippen LogP) is 1.68. The van der Waals surface area contributed by atoms with E-state index in [0.717, 1.165) is 12.1 Å². The number of hydrogen-bond donors (Lipinski definition) is 3. The molecule has 1 atom stereocenters. The second kappa shape index (κ2) is 6.69. The molecule has 0 radical (unpaired) electrons. The lowest BCUT2D eigenvalue weighted by Gasteiger charge is -2.12. The lowest BCUT2D eigenvalue weighted by molar-refractivity contribution is 0.0697. The molecule has 0 aliphatic rings. The smallest absolute Gasteiger partial charge is 0.337 e. The number of carboxylic acids is 1. The summed E-state index contributed by atoms with van der Waals surface area (Å²) in [4.78, 5) is 22.4. The molecule has 0 spiro atoms. The van der Waals surface area contributed by atoms with Gasteiger partial charge in [-0.2, -0.15) is 0 Å². The summed E-state index contributed by atoms with van der Waals surface area (Å²) in [5.41, 5.74) is -0.286. The van der Waals surface area contributed by atoms with E-state index < -0.39 is 17.8 Å². The van der Waals surface area contributed by atoms with Crippen molar-refractivity contribution in [2.24, 2.45) is 0 Å². The molecule has 0 saturated heterocycles. The highest BCUT2D eigenvalue weighted by Crippen LogP contribution is 2.16. The molecule has 0 aliphatic carbocycles. The largest absolute Gasteiger partial charge is 0.478 e. The minimum Gasteiger partial charge on any atom is -0.478 e. The number of amides is 2. The van der Waals surface area contributed by atoms with E-state index in [4.69, 9.17) is 9.84 Å². The number of anilines is 1. The lowest BCUT2D eigenvalue weighted by Crippen LogP contribution is -2.35. The molecule has 19 heavy (non-hydrogen) atoms. The minimum absolute atomic E-state index is 0.0245. The van der Waals surface area contributed by atoms with Crippen molar-refractivity contribution in [2.45, 2.75) is 13.0 Å². The van der Waals surface area contributed by atoms with Gasteiger partial charge in [0.2, 0.25) is 0 Å². The molecule has 0 saturated carbocycles. The number of hydrogen-bond acceptors (Lipinski definition) is 3. The number of ether oxygens (including phenoxy) is 1. The van der Waals surface area contributed by atoms with E-state index in [1.54, 1.807) is 6.92 Å². The van der Waals surface area contributed by atoms with Crippen molar-refractivity contribution in [1.82, 2.24) is 5.32 Å². The van der Waals surface area contributed by atoms with Crippen LogP contribution in [0.5, 0.6) is 0 Å². The number of nitrogens with one attached hydrogen (secondary N) is 2. The van der Waals surface area contributed by atoms with Gasteiger partial charge in [-0.3, -0.25) is 0 Å². The second-order valence-corrected chi connectivity index (χ2v) is 3.88. The molecule has 0 fully saturated rings. The number of carbonyl (C=O) groups excluding carboxylic acids is 1. The molecule has 6 nitrogen and oxygen atoms in total. The summed E-state index contributed by atoms with van der Waals surface area (Å²) >= 11 is 0. The van der Waals surface area contributed by atoms with Crippen LogP contribution in [0.2, 0.25) is 0 Å². The number of urea groups is 1. The SMILES string of the molecule is COC(C)CNC(=O)Nc1ccc(F)cc1C(=O)O. The summed E-state index contributed by atoms with van der Waals surface area (Å²) in [6.07, 6.45) is -0.169. The summed E-state index contributed by atoms with van der Waals surface area (Å²) in [7, 11) is 1.51. The Kier molecular flexibility index (Phi) is 5.25. The maximum atomic E-state index is 12.9. The average Bonchev–Trinajstić information content (AvgIpc) is 2.37. The number of methoxy groups -OCH3 is 1. The van der Waals surface area contributed by atoms with Gasteiger partial charge in [0.25, 0.3) is 0 Å². The first-order valence-corrected chi connectivity index (χ1v) is 5.54. The molecule has 0 aromatic heterocycles. The van der Waals surface area contributed by atoms with E-state index >= 15 is 0 Å². The second-order valence-electron chi connectivity index (χ2n) is 3.88. The molecule has 1 rings (SSSR count). The number of carboxylic acid groups (broad SMARTS) is 1. The first-order chi connectivity index (χ1) is 8.93. The fourth-order valence-corrected chi connectivity index (χ4v) is 1.29. The highest BCUT2D eigenvalue weighted by Gasteiger charge is 2.13. The van der Waals surface area contributed by atoms with Crippen molar-refractivity contribution in [2.75, 3.05) is 19.0 Å². The van der Waals surface area contributed by atoms with Crippen LogP contribution in [-0.4, -0.2) is 36.9 Å². The number of rotatable bonds is 5. The number of carbonyl (C=O) groups is 2. The van der Waals surface area contributed by atoms with Crippen LogP contribution in [0.15, 0.2) is 18.2 Å². The number of halogens is 1. The third-order valence-electron chi connectivity index (χ3n) is 2.41. The Morgan fingerprint density at radius 1 is 1.47 bits per heavy atom. The van der Waals surface area contributed by atoms with E-state index in [2.05, 4.69) is 10.6 Å². The molecule has 1 unspecified atom stereocenters. The van der Waals surface area contributed by atoms with Crippen molar-refractivity contribution in [3.8, 4) is 0 Å². The van der Waals surface area contributed by atoms with E-state index in [1.807, 2.05) is 0 Å². The first kappa shape index (κ1) is 14.9. The van der Waals surface area contributed by atoms with Crippen LogP contribution in [-0.2, 0) is 4.74 Å². The van der Waals surface area contributed by atoms with Crippen LogP contribution in [0.3, 0.4) is 0 Å². The standard InChI is InChI=1S/C12H15FN2O4/c1-7(19-2)6-14-12(18)15-10-4-3-8(13)5-9(10)11(16)17/h3-5,7H,6H2,1-2H3,(H,16,17)(H2,14,15,18). The van der Waals surface area contributed by atoms with Gasteiger partial charge < -0.3 is 20.5 Å². The van der Waals surface area contributed by atoms with Crippen LogP contribution < -0.4 is 10.6 Å². The Morgan fingerprint density at radius 2 is 2.16 bits per heavy atom. The molecular weight excluding hydrogens is 255 g/mol. The normalized spacial score (nSPS) is 11.7. The predicted molar refractivity (Wildman–Crippen MR) is 66.9 cm³/mol. The summed E-state index contributed by atoms with van der Waals surface area (Å²) in [5, 5.41) is 13.7. The molecule has 1 aromatic carbocycles. The minimum atomic E-state index is -1.32. The van der Waals surface area contributed by atoms with Gasteiger partial charge in [-0.15, -0.1) is 0 Å². The third-order valence-corrected chi connectivity index (χ3v) is 2.41. The number of benzene rings is 1. The highest BCUT2D eigenvalue weighted by molar-refractivity contribution is 5.99. The number of aromatic carboxylic acids is 1. The van der Waals surface area contributed by atoms with E-state index in [0.29, 0.717) is 0 Å². The maximum absolute atomic E-state index is 12.9. The van der Waals surface area contributed by atoms with Crippen LogP contribution >= 0.6 is 0 Å². The Morgan fingerprint density at radius 3 is 2.74 bits per heavy atom. The van der Waals surface area contributed by atoms with Gasteiger partial charge in [0.1, 0.15) is 5.82 Å². The fraction of sp³-hybridized carbons (Fsp3) is 0.333. The van der Waals surface area contributed by atoms with E-state index in [1.165, 1.54) is 13.2 Å². The van der Waals surface area contributed by atoms with E-state index in [9.17, 15) is 14.0 Å². The van der Waals surface area contributed by atoms with Gasteiger partial charge in [-0.1, -0.05) is 0 Å². The Bertz CT molecular complexity index is 479. The maximum Gasteiger partial charge on any atom is 0.337 e. The molecular formula is C12H15FN2O4. The van der Waals surface area contributed by atoms with Gasteiger partial charge in [0, 0.05) is 13.7 Å². The van der Waals surface area contributed by atoms with Crippen molar-refractivity contribution in [1.29, 1.82) is 0 Å². The van der Waals surface area contributed by atoms with Gasteiger partial charge in [0.05, 0.1) is 17.4 Å². The van der Waals surface area contributed by atoms with Crippen molar-refractivity contribution < 1.29 is 23.8 Å². The monoisotopic (exact) mass is 270 g/mol. The van der Waals surface area contributed by atoms with Gasteiger partial charge in [-0.25, -0.2) is 14.0 Å². The highest BCUT2D eigenvalue weighted by atomic mass is 19.1. The van der Waals surface area contributed by atoms with Crippen molar-refractivity contribution in [3.63, 3.8) is 0 Å². The topological polar surface area (TPSA) is 87.7 Å². The summed E-state index contributed by atoms with van der Waals surface area (Å²) in [5.74, 6) is -2.00. The Labute approximate surface area is 109 Å².